The lowest BCUT2D eigenvalue weighted by Crippen LogP contribution is -2.48. The summed E-state index contributed by atoms with van der Waals surface area (Å²) in [4.78, 5) is 4.90. The SMILES string of the molecule is N#C/C=C1\c2ccccc2CC(N2CCN(CCO)CC2)c2ccccc21. The maximum atomic E-state index is 9.39. The topological polar surface area (TPSA) is 50.5 Å². The van der Waals surface area contributed by atoms with Crippen LogP contribution in [0.3, 0.4) is 0 Å². The molecule has 1 aliphatic carbocycles. The Morgan fingerprint density at radius 1 is 1.00 bits per heavy atom. The van der Waals surface area contributed by atoms with Gasteiger partial charge in [0.15, 0.2) is 0 Å². The summed E-state index contributed by atoms with van der Waals surface area (Å²) in [6.07, 6.45) is 2.65. The van der Waals surface area contributed by atoms with Crippen LogP contribution in [-0.4, -0.2) is 54.2 Å². The Morgan fingerprint density at radius 3 is 2.44 bits per heavy atom. The number of fused-ring (bicyclic) bond motifs is 2. The van der Waals surface area contributed by atoms with Gasteiger partial charge >= 0.3 is 0 Å². The number of aliphatic hydroxyl groups excluding tert-OH is 1. The molecule has 1 unspecified atom stereocenters. The molecule has 2 aliphatic rings. The fraction of sp³-hybridized carbons (Fsp3) is 0.348. The van der Waals surface area contributed by atoms with Gasteiger partial charge in [-0.3, -0.25) is 9.80 Å². The van der Waals surface area contributed by atoms with Gasteiger partial charge in [0.2, 0.25) is 0 Å². The highest BCUT2D eigenvalue weighted by Crippen LogP contribution is 2.40. The monoisotopic (exact) mass is 359 g/mol. The van der Waals surface area contributed by atoms with Gasteiger partial charge in [-0.2, -0.15) is 5.26 Å². The maximum absolute atomic E-state index is 9.39. The second kappa shape index (κ2) is 8.06. The van der Waals surface area contributed by atoms with Crippen LogP contribution in [0.25, 0.3) is 5.57 Å². The van der Waals surface area contributed by atoms with Gasteiger partial charge in [-0.1, -0.05) is 48.5 Å². The van der Waals surface area contributed by atoms with Crippen molar-refractivity contribution < 1.29 is 5.11 Å². The third kappa shape index (κ3) is 3.54. The van der Waals surface area contributed by atoms with E-state index in [4.69, 9.17) is 0 Å². The summed E-state index contributed by atoms with van der Waals surface area (Å²) < 4.78 is 0. The molecule has 0 bridgehead atoms. The van der Waals surface area contributed by atoms with Gasteiger partial charge in [0, 0.05) is 44.8 Å². The molecule has 1 saturated heterocycles. The number of aliphatic hydroxyl groups is 1. The molecule has 1 heterocycles. The third-order valence-corrected chi connectivity index (χ3v) is 5.80. The Morgan fingerprint density at radius 2 is 1.70 bits per heavy atom. The highest BCUT2D eigenvalue weighted by molar-refractivity contribution is 5.85. The van der Waals surface area contributed by atoms with E-state index in [1.807, 2.05) is 0 Å². The van der Waals surface area contributed by atoms with Gasteiger partial charge in [-0.05, 0) is 34.2 Å². The van der Waals surface area contributed by atoms with Crippen LogP contribution in [0, 0.1) is 11.3 Å². The molecule has 1 aliphatic heterocycles. The lowest BCUT2D eigenvalue weighted by molar-refractivity contribution is 0.0832. The van der Waals surface area contributed by atoms with E-state index in [1.54, 1.807) is 6.08 Å². The summed E-state index contributed by atoms with van der Waals surface area (Å²) in [7, 11) is 0. The predicted molar refractivity (Wildman–Crippen MR) is 107 cm³/mol. The van der Waals surface area contributed by atoms with Crippen molar-refractivity contribution in [2.75, 3.05) is 39.3 Å². The minimum atomic E-state index is 0.224. The summed E-state index contributed by atoms with van der Waals surface area (Å²) in [5, 5.41) is 18.6. The number of rotatable bonds is 3. The van der Waals surface area contributed by atoms with E-state index in [0.717, 1.165) is 44.7 Å². The zero-order chi connectivity index (χ0) is 18.6. The molecule has 4 nitrogen and oxygen atoms in total. The summed E-state index contributed by atoms with van der Waals surface area (Å²) in [6, 6.07) is 19.6. The molecule has 1 atom stereocenters. The first-order valence-corrected chi connectivity index (χ1v) is 9.66. The fourth-order valence-corrected chi connectivity index (χ4v) is 4.44. The number of benzene rings is 2. The number of β-amino-alcohol motifs (C(OH)–C–C–N with tert-alkyl or cyclic N) is 1. The van der Waals surface area contributed by atoms with Crippen LogP contribution in [0.15, 0.2) is 54.6 Å². The molecular formula is C23H25N3O. The Hall–Kier alpha value is -2.45. The number of nitrogens with zero attached hydrogens (tertiary/aromatic N) is 3. The highest BCUT2D eigenvalue weighted by Gasteiger charge is 2.30. The van der Waals surface area contributed by atoms with Gasteiger partial charge < -0.3 is 5.11 Å². The van der Waals surface area contributed by atoms with E-state index in [1.165, 1.54) is 22.3 Å². The van der Waals surface area contributed by atoms with Crippen molar-refractivity contribution in [3.05, 3.63) is 76.9 Å². The average molecular weight is 359 g/mol. The molecule has 0 radical (unpaired) electrons. The molecule has 138 valence electrons. The quantitative estimate of drug-likeness (QED) is 0.856. The van der Waals surface area contributed by atoms with Crippen molar-refractivity contribution in [3.8, 4) is 6.07 Å². The molecule has 27 heavy (non-hydrogen) atoms. The molecule has 0 aromatic heterocycles. The second-order valence-electron chi connectivity index (χ2n) is 7.25. The molecule has 2 aromatic carbocycles. The third-order valence-electron chi connectivity index (χ3n) is 5.80. The Bertz CT molecular complexity index is 875. The zero-order valence-corrected chi connectivity index (χ0v) is 15.5. The van der Waals surface area contributed by atoms with Gasteiger partial charge in [0.1, 0.15) is 0 Å². The van der Waals surface area contributed by atoms with Gasteiger partial charge in [-0.25, -0.2) is 0 Å². The van der Waals surface area contributed by atoms with Crippen LogP contribution in [0.2, 0.25) is 0 Å². The van der Waals surface area contributed by atoms with E-state index in [2.05, 4.69) is 64.4 Å². The number of allylic oxidation sites excluding steroid dienone is 1. The normalized spacial score (nSPS) is 21.9. The Kier molecular flexibility index (Phi) is 5.35. The van der Waals surface area contributed by atoms with Crippen LogP contribution < -0.4 is 0 Å². The van der Waals surface area contributed by atoms with Crippen LogP contribution in [-0.2, 0) is 6.42 Å². The minimum Gasteiger partial charge on any atom is -0.395 e. The first-order valence-electron chi connectivity index (χ1n) is 9.66. The van der Waals surface area contributed by atoms with E-state index < -0.39 is 0 Å². The van der Waals surface area contributed by atoms with Crippen molar-refractivity contribution in [3.63, 3.8) is 0 Å². The van der Waals surface area contributed by atoms with E-state index in [9.17, 15) is 10.4 Å². The minimum absolute atomic E-state index is 0.224. The Labute approximate surface area is 161 Å². The molecule has 0 saturated carbocycles. The largest absolute Gasteiger partial charge is 0.395 e. The van der Waals surface area contributed by atoms with E-state index in [0.29, 0.717) is 6.04 Å². The number of piperazine rings is 1. The van der Waals surface area contributed by atoms with Crippen molar-refractivity contribution in [2.45, 2.75) is 12.5 Å². The zero-order valence-electron chi connectivity index (χ0n) is 15.5. The molecule has 4 heteroatoms. The van der Waals surface area contributed by atoms with Gasteiger partial charge in [-0.15, -0.1) is 0 Å². The van der Waals surface area contributed by atoms with Crippen LogP contribution in [0.1, 0.15) is 28.3 Å². The number of hydrogen-bond donors (Lipinski definition) is 1. The standard InChI is InChI=1S/C23H25N3O/c24-10-9-21-19-6-2-1-5-18(19)17-23(22-8-4-3-7-20(21)22)26-13-11-25(12-14-26)15-16-27/h1-9,23,27H,11-17H2/b21-9+. The molecule has 2 aromatic rings. The number of nitriles is 1. The summed E-state index contributed by atoms with van der Waals surface area (Å²) in [5.41, 5.74) is 5.99. The van der Waals surface area contributed by atoms with E-state index in [-0.39, 0.29) is 6.61 Å². The van der Waals surface area contributed by atoms with Gasteiger partial charge in [0.05, 0.1) is 12.7 Å². The van der Waals surface area contributed by atoms with Gasteiger partial charge in [0.25, 0.3) is 0 Å². The van der Waals surface area contributed by atoms with Crippen molar-refractivity contribution >= 4 is 5.57 Å². The summed E-state index contributed by atoms with van der Waals surface area (Å²) in [5.74, 6) is 0. The lowest BCUT2D eigenvalue weighted by Gasteiger charge is -2.39. The van der Waals surface area contributed by atoms with E-state index >= 15 is 0 Å². The molecule has 1 N–H and O–H groups in total. The number of hydrogen-bond acceptors (Lipinski definition) is 4. The molecule has 1 fully saturated rings. The highest BCUT2D eigenvalue weighted by atomic mass is 16.3. The smallest absolute Gasteiger partial charge is 0.0918 e. The molecule has 0 spiro atoms. The van der Waals surface area contributed by atoms with Crippen LogP contribution >= 0.6 is 0 Å². The Balaban J connectivity index is 1.74. The predicted octanol–water partition coefficient (Wildman–Crippen LogP) is 2.85. The summed E-state index contributed by atoms with van der Waals surface area (Å²) >= 11 is 0. The molecular weight excluding hydrogens is 334 g/mol. The first-order chi connectivity index (χ1) is 13.3. The van der Waals surface area contributed by atoms with Crippen molar-refractivity contribution in [1.29, 1.82) is 5.26 Å². The summed E-state index contributed by atoms with van der Waals surface area (Å²) in [6.45, 7) is 4.95. The maximum Gasteiger partial charge on any atom is 0.0918 e. The van der Waals surface area contributed by atoms with Crippen molar-refractivity contribution in [2.24, 2.45) is 0 Å². The van der Waals surface area contributed by atoms with Crippen molar-refractivity contribution in [1.82, 2.24) is 9.80 Å². The fourth-order valence-electron chi connectivity index (χ4n) is 4.44. The van der Waals surface area contributed by atoms with Crippen LogP contribution in [0.4, 0.5) is 0 Å². The van der Waals surface area contributed by atoms with Crippen LogP contribution in [0.5, 0.6) is 0 Å². The average Bonchev–Trinajstić information content (AvgIpc) is 2.85. The molecule has 0 amide bonds. The first kappa shape index (κ1) is 17.9. The molecule has 4 rings (SSSR count). The second-order valence-corrected chi connectivity index (χ2v) is 7.25. The lowest BCUT2D eigenvalue weighted by atomic mass is 9.93.